The van der Waals surface area contributed by atoms with Gasteiger partial charge in [-0.25, -0.2) is 4.98 Å². The second-order valence-corrected chi connectivity index (χ2v) is 5.77. The minimum absolute atomic E-state index is 0.184. The van der Waals surface area contributed by atoms with Gasteiger partial charge >= 0.3 is 0 Å². The fraction of sp³-hybridized carbons (Fsp3) is 0.500. The summed E-state index contributed by atoms with van der Waals surface area (Å²) >= 11 is 0. The number of hydrogen-bond acceptors (Lipinski definition) is 3. The summed E-state index contributed by atoms with van der Waals surface area (Å²) in [4.78, 5) is 4.48. The molecule has 0 spiro atoms. The van der Waals surface area contributed by atoms with Gasteiger partial charge in [0.05, 0.1) is 0 Å². The summed E-state index contributed by atoms with van der Waals surface area (Å²) in [6, 6.07) is 8.71. The van der Waals surface area contributed by atoms with Crippen molar-refractivity contribution in [2.75, 3.05) is 13.1 Å². The van der Waals surface area contributed by atoms with Gasteiger partial charge in [-0.05, 0) is 24.5 Å². The van der Waals surface area contributed by atoms with Crippen LogP contribution in [0, 0.1) is 6.92 Å². The monoisotopic (exact) mass is 270 g/mol. The molecule has 1 aliphatic rings. The van der Waals surface area contributed by atoms with E-state index >= 15 is 0 Å². The third kappa shape index (κ3) is 2.24. The van der Waals surface area contributed by atoms with Gasteiger partial charge in [0, 0.05) is 31.5 Å². The lowest BCUT2D eigenvalue weighted by molar-refractivity contribution is 0.264. The van der Waals surface area contributed by atoms with Crippen LogP contribution in [-0.4, -0.2) is 27.9 Å². The Morgan fingerprint density at radius 3 is 2.75 bits per heavy atom. The number of aryl methyl sites for hydroxylation is 2. The van der Waals surface area contributed by atoms with Gasteiger partial charge in [0.25, 0.3) is 0 Å². The van der Waals surface area contributed by atoms with Gasteiger partial charge in [-0.15, -0.1) is 0 Å². The first kappa shape index (κ1) is 13.3. The molecular weight excluding hydrogens is 248 g/mol. The Morgan fingerprint density at radius 2 is 2.10 bits per heavy atom. The van der Waals surface area contributed by atoms with E-state index in [0.717, 1.165) is 38.3 Å². The van der Waals surface area contributed by atoms with E-state index in [0.29, 0.717) is 0 Å². The first-order chi connectivity index (χ1) is 9.75. The summed E-state index contributed by atoms with van der Waals surface area (Å²) in [5.41, 5.74) is 3.00. The number of rotatable bonds is 5. The maximum absolute atomic E-state index is 4.48. The average Bonchev–Trinajstić information content (AvgIpc) is 2.83. The lowest BCUT2D eigenvalue weighted by Crippen LogP contribution is -2.58. The summed E-state index contributed by atoms with van der Waals surface area (Å²) in [5, 5.41) is 7.78. The molecule has 1 saturated heterocycles. The fourth-order valence-electron chi connectivity index (χ4n) is 3.13. The SMILES string of the molecule is CCCn1ncnc1CC1(c2ccccc2C)CNC1. The van der Waals surface area contributed by atoms with Crippen LogP contribution in [0.1, 0.15) is 30.3 Å². The molecule has 0 amide bonds. The van der Waals surface area contributed by atoms with E-state index in [1.54, 1.807) is 6.33 Å². The maximum atomic E-state index is 4.48. The van der Waals surface area contributed by atoms with Crippen LogP contribution in [0.2, 0.25) is 0 Å². The molecule has 106 valence electrons. The summed E-state index contributed by atoms with van der Waals surface area (Å²) in [7, 11) is 0. The van der Waals surface area contributed by atoms with Gasteiger partial charge in [-0.3, -0.25) is 4.68 Å². The second kappa shape index (κ2) is 5.37. The molecule has 0 bridgehead atoms. The third-order valence-corrected chi connectivity index (χ3v) is 4.27. The zero-order valence-electron chi connectivity index (χ0n) is 12.3. The molecule has 3 rings (SSSR count). The van der Waals surface area contributed by atoms with Crippen LogP contribution in [0.4, 0.5) is 0 Å². The van der Waals surface area contributed by atoms with Crippen LogP contribution in [0.15, 0.2) is 30.6 Å². The highest BCUT2D eigenvalue weighted by Gasteiger charge is 2.40. The van der Waals surface area contributed by atoms with Crippen molar-refractivity contribution >= 4 is 0 Å². The van der Waals surface area contributed by atoms with Crippen molar-refractivity contribution in [1.29, 1.82) is 0 Å². The predicted molar refractivity (Wildman–Crippen MR) is 79.7 cm³/mol. The molecule has 0 atom stereocenters. The molecule has 1 N–H and O–H groups in total. The van der Waals surface area contributed by atoms with Gasteiger partial charge < -0.3 is 5.32 Å². The van der Waals surface area contributed by atoms with Gasteiger partial charge in [-0.1, -0.05) is 31.2 Å². The summed E-state index contributed by atoms with van der Waals surface area (Å²) in [6.07, 6.45) is 3.74. The highest BCUT2D eigenvalue weighted by Crippen LogP contribution is 2.34. The molecule has 0 saturated carbocycles. The highest BCUT2D eigenvalue weighted by molar-refractivity contribution is 5.37. The first-order valence-corrected chi connectivity index (χ1v) is 7.39. The van der Waals surface area contributed by atoms with Crippen LogP contribution in [0.25, 0.3) is 0 Å². The molecule has 1 aromatic heterocycles. The van der Waals surface area contributed by atoms with Crippen LogP contribution in [0.5, 0.6) is 0 Å². The molecule has 4 nitrogen and oxygen atoms in total. The number of hydrogen-bond donors (Lipinski definition) is 1. The maximum Gasteiger partial charge on any atom is 0.138 e. The van der Waals surface area contributed by atoms with Crippen molar-refractivity contribution in [3.8, 4) is 0 Å². The smallest absolute Gasteiger partial charge is 0.138 e. The molecular formula is C16H22N4. The quantitative estimate of drug-likeness (QED) is 0.904. The second-order valence-electron chi connectivity index (χ2n) is 5.77. The van der Waals surface area contributed by atoms with Crippen molar-refractivity contribution in [2.45, 2.75) is 38.6 Å². The van der Waals surface area contributed by atoms with Crippen LogP contribution in [-0.2, 0) is 18.4 Å². The number of nitrogens with one attached hydrogen (secondary N) is 1. The Kier molecular flexibility index (Phi) is 3.57. The third-order valence-electron chi connectivity index (χ3n) is 4.27. The molecule has 20 heavy (non-hydrogen) atoms. The zero-order valence-corrected chi connectivity index (χ0v) is 12.3. The number of benzene rings is 1. The molecule has 0 radical (unpaired) electrons. The van der Waals surface area contributed by atoms with Crippen molar-refractivity contribution in [3.63, 3.8) is 0 Å². The zero-order chi connectivity index (χ0) is 14.0. The molecule has 4 heteroatoms. The molecule has 0 unspecified atom stereocenters. The topological polar surface area (TPSA) is 42.7 Å². The van der Waals surface area contributed by atoms with Crippen LogP contribution >= 0.6 is 0 Å². The van der Waals surface area contributed by atoms with Crippen LogP contribution in [0.3, 0.4) is 0 Å². The standard InChI is InChI=1S/C16H22N4/c1-3-8-20-15(18-12-19-20)9-16(10-17-11-16)14-7-5-4-6-13(14)2/h4-7,12,17H,3,8-11H2,1-2H3. The average molecular weight is 270 g/mol. The van der Waals surface area contributed by atoms with Gasteiger partial charge in [0.1, 0.15) is 12.2 Å². The lowest BCUT2D eigenvalue weighted by atomic mass is 9.71. The molecule has 1 fully saturated rings. The summed E-state index contributed by atoms with van der Waals surface area (Å²) in [6.45, 7) is 7.37. The Morgan fingerprint density at radius 1 is 1.30 bits per heavy atom. The van der Waals surface area contributed by atoms with Gasteiger partial charge in [-0.2, -0.15) is 5.10 Å². The number of aromatic nitrogens is 3. The van der Waals surface area contributed by atoms with E-state index in [9.17, 15) is 0 Å². The van der Waals surface area contributed by atoms with Crippen molar-refractivity contribution in [1.82, 2.24) is 20.1 Å². The molecule has 2 heterocycles. The van der Waals surface area contributed by atoms with E-state index in [1.165, 1.54) is 11.1 Å². The Labute approximate surface area is 120 Å². The van der Waals surface area contributed by atoms with Gasteiger partial charge in [0.2, 0.25) is 0 Å². The number of nitrogens with zero attached hydrogens (tertiary/aromatic N) is 3. The van der Waals surface area contributed by atoms with E-state index < -0.39 is 0 Å². The largest absolute Gasteiger partial charge is 0.315 e. The van der Waals surface area contributed by atoms with Crippen molar-refractivity contribution in [2.24, 2.45) is 0 Å². The minimum Gasteiger partial charge on any atom is -0.315 e. The Balaban J connectivity index is 1.90. The van der Waals surface area contributed by atoms with Crippen molar-refractivity contribution < 1.29 is 0 Å². The Hall–Kier alpha value is -1.68. The lowest BCUT2D eigenvalue weighted by Gasteiger charge is -2.44. The molecule has 1 aliphatic heterocycles. The molecule has 0 aliphatic carbocycles. The first-order valence-electron chi connectivity index (χ1n) is 7.39. The molecule has 1 aromatic carbocycles. The van der Waals surface area contributed by atoms with E-state index in [1.807, 2.05) is 0 Å². The summed E-state index contributed by atoms with van der Waals surface area (Å²) < 4.78 is 2.05. The van der Waals surface area contributed by atoms with Crippen LogP contribution < -0.4 is 5.32 Å². The van der Waals surface area contributed by atoms with E-state index in [4.69, 9.17) is 0 Å². The Bertz CT molecular complexity index is 584. The molecule has 2 aromatic rings. The predicted octanol–water partition coefficient (Wildman–Crippen LogP) is 2.08. The van der Waals surface area contributed by atoms with Crippen molar-refractivity contribution in [3.05, 3.63) is 47.5 Å². The highest BCUT2D eigenvalue weighted by atomic mass is 15.3. The normalized spacial score (nSPS) is 16.9. The van der Waals surface area contributed by atoms with Gasteiger partial charge in [0.15, 0.2) is 0 Å². The summed E-state index contributed by atoms with van der Waals surface area (Å²) in [5.74, 6) is 1.11. The fourth-order valence-corrected chi connectivity index (χ4v) is 3.13. The van der Waals surface area contributed by atoms with E-state index in [-0.39, 0.29) is 5.41 Å². The minimum atomic E-state index is 0.184. The van der Waals surface area contributed by atoms with E-state index in [2.05, 4.69) is 58.2 Å².